The zero-order valence-electron chi connectivity index (χ0n) is 14.3. The summed E-state index contributed by atoms with van der Waals surface area (Å²) in [7, 11) is 0. The van der Waals surface area contributed by atoms with Crippen LogP contribution < -0.4 is 5.32 Å². The lowest BCUT2D eigenvalue weighted by atomic mass is 10.1. The Hall–Kier alpha value is -3.15. The molecule has 2 aromatic carbocycles. The van der Waals surface area contributed by atoms with Crippen LogP contribution in [-0.4, -0.2) is 31.6 Å². The number of benzene rings is 2. The number of carbonyl (C=O) groups excluding carboxylic acids is 1. The quantitative estimate of drug-likeness (QED) is 0.523. The first kappa shape index (κ1) is 15.4. The molecule has 0 spiro atoms. The van der Waals surface area contributed by atoms with Gasteiger partial charge in [0.2, 0.25) is 0 Å². The van der Waals surface area contributed by atoms with Gasteiger partial charge in [-0.25, -0.2) is 4.98 Å². The first-order valence-electron chi connectivity index (χ1n) is 8.16. The van der Waals surface area contributed by atoms with Gasteiger partial charge in [-0.1, -0.05) is 18.2 Å². The number of aromatic nitrogens is 4. The Morgan fingerprint density at radius 3 is 2.68 bits per heavy atom. The Kier molecular flexibility index (Phi) is 3.35. The monoisotopic (exact) mass is 333 g/mol. The number of H-pyrrole nitrogens is 2. The van der Waals surface area contributed by atoms with Crippen LogP contribution in [0.2, 0.25) is 0 Å². The minimum Gasteiger partial charge on any atom is -0.347 e. The van der Waals surface area contributed by atoms with E-state index in [2.05, 4.69) is 25.5 Å². The Morgan fingerprint density at radius 1 is 1.08 bits per heavy atom. The molecular weight excluding hydrogens is 314 g/mol. The highest BCUT2D eigenvalue weighted by molar-refractivity contribution is 5.98. The summed E-state index contributed by atoms with van der Waals surface area (Å²) in [6.07, 6.45) is 0. The number of hydrogen-bond donors (Lipinski definition) is 3. The molecule has 4 rings (SSSR count). The zero-order chi connectivity index (χ0) is 17.6. The third-order valence-corrected chi connectivity index (χ3v) is 3.93. The first-order chi connectivity index (χ1) is 11.9. The number of amides is 1. The van der Waals surface area contributed by atoms with Crippen LogP contribution in [-0.2, 0) is 0 Å². The van der Waals surface area contributed by atoms with Gasteiger partial charge in [-0.15, -0.1) is 0 Å². The van der Waals surface area contributed by atoms with Crippen molar-refractivity contribution in [1.82, 2.24) is 25.5 Å². The third-order valence-electron chi connectivity index (χ3n) is 3.93. The van der Waals surface area contributed by atoms with Crippen LogP contribution in [0.1, 0.15) is 31.1 Å². The van der Waals surface area contributed by atoms with E-state index in [9.17, 15) is 4.79 Å². The molecule has 0 aliphatic carbocycles. The number of nitrogens with one attached hydrogen (secondary N) is 3. The van der Waals surface area contributed by atoms with E-state index in [1.54, 1.807) is 6.07 Å². The minimum absolute atomic E-state index is 0.101. The van der Waals surface area contributed by atoms with Gasteiger partial charge >= 0.3 is 0 Å². The standard InChI is InChI=1S/C19H19N5O/c1-19(2,3)22-18(25)11-8-9-14-15(10-11)21-17(20-14)16-12-6-4-5-7-13(12)23-24-16/h4-10H,1-3H3,(H,20,21)(H,22,25)(H,23,24). The van der Waals surface area contributed by atoms with Crippen LogP contribution in [0, 0.1) is 0 Å². The molecule has 126 valence electrons. The van der Waals surface area contributed by atoms with Crippen molar-refractivity contribution in [2.45, 2.75) is 26.3 Å². The number of imidazole rings is 1. The molecular formula is C19H19N5O. The van der Waals surface area contributed by atoms with Crippen molar-refractivity contribution in [2.75, 3.05) is 0 Å². The molecule has 0 aliphatic rings. The summed E-state index contributed by atoms with van der Waals surface area (Å²) in [6.45, 7) is 5.88. The Labute approximate surface area is 144 Å². The number of nitrogens with zero attached hydrogens (tertiary/aromatic N) is 2. The first-order valence-corrected chi connectivity index (χ1v) is 8.16. The molecule has 0 bridgehead atoms. The fourth-order valence-corrected chi connectivity index (χ4v) is 2.82. The van der Waals surface area contributed by atoms with E-state index in [1.165, 1.54) is 0 Å². The molecule has 2 heterocycles. The fourth-order valence-electron chi connectivity index (χ4n) is 2.82. The van der Waals surface area contributed by atoms with Gasteiger partial charge < -0.3 is 10.3 Å². The van der Waals surface area contributed by atoms with Crippen LogP contribution in [0.4, 0.5) is 0 Å². The smallest absolute Gasteiger partial charge is 0.251 e. The highest BCUT2D eigenvalue weighted by atomic mass is 16.1. The molecule has 6 nitrogen and oxygen atoms in total. The fraction of sp³-hybridized carbons (Fsp3) is 0.211. The van der Waals surface area contributed by atoms with E-state index in [0.717, 1.165) is 27.6 Å². The maximum Gasteiger partial charge on any atom is 0.251 e. The van der Waals surface area contributed by atoms with Gasteiger partial charge in [0.1, 0.15) is 5.69 Å². The lowest BCUT2D eigenvalue weighted by molar-refractivity contribution is 0.0919. The predicted molar refractivity (Wildman–Crippen MR) is 98.4 cm³/mol. The van der Waals surface area contributed by atoms with Crippen LogP contribution in [0.3, 0.4) is 0 Å². The summed E-state index contributed by atoms with van der Waals surface area (Å²) >= 11 is 0. The average molecular weight is 333 g/mol. The lowest BCUT2D eigenvalue weighted by Crippen LogP contribution is -2.40. The Balaban J connectivity index is 1.75. The largest absolute Gasteiger partial charge is 0.347 e. The van der Waals surface area contributed by atoms with E-state index in [0.29, 0.717) is 11.4 Å². The van der Waals surface area contributed by atoms with E-state index >= 15 is 0 Å². The van der Waals surface area contributed by atoms with E-state index in [1.807, 2.05) is 57.2 Å². The van der Waals surface area contributed by atoms with Gasteiger partial charge in [-0.05, 0) is 45.0 Å². The molecule has 3 N–H and O–H groups in total. The van der Waals surface area contributed by atoms with Gasteiger partial charge in [-0.2, -0.15) is 5.10 Å². The van der Waals surface area contributed by atoms with Crippen LogP contribution in [0.25, 0.3) is 33.5 Å². The highest BCUT2D eigenvalue weighted by Crippen LogP contribution is 2.26. The van der Waals surface area contributed by atoms with E-state index < -0.39 is 0 Å². The van der Waals surface area contributed by atoms with Crippen LogP contribution in [0.15, 0.2) is 42.5 Å². The normalized spacial score (nSPS) is 12.0. The zero-order valence-corrected chi connectivity index (χ0v) is 14.3. The molecule has 0 fully saturated rings. The molecule has 1 amide bonds. The average Bonchev–Trinajstić information content (AvgIpc) is 3.16. The molecule has 0 aliphatic heterocycles. The van der Waals surface area contributed by atoms with Crippen LogP contribution >= 0.6 is 0 Å². The number of para-hydroxylation sites is 1. The molecule has 0 radical (unpaired) electrons. The summed E-state index contributed by atoms with van der Waals surface area (Å²) in [6, 6.07) is 13.4. The summed E-state index contributed by atoms with van der Waals surface area (Å²) in [5, 5.41) is 11.4. The van der Waals surface area contributed by atoms with Crippen molar-refractivity contribution in [1.29, 1.82) is 0 Å². The molecule has 0 atom stereocenters. The maximum atomic E-state index is 12.4. The number of aromatic amines is 2. The van der Waals surface area contributed by atoms with Crippen molar-refractivity contribution in [3.8, 4) is 11.5 Å². The molecule has 0 saturated carbocycles. The Bertz CT molecular complexity index is 1080. The van der Waals surface area contributed by atoms with E-state index in [4.69, 9.17) is 0 Å². The summed E-state index contributed by atoms with van der Waals surface area (Å²) in [5.74, 6) is 0.580. The van der Waals surface area contributed by atoms with Gasteiger partial charge in [0.15, 0.2) is 5.82 Å². The second-order valence-electron chi connectivity index (χ2n) is 7.14. The number of fused-ring (bicyclic) bond motifs is 2. The highest BCUT2D eigenvalue weighted by Gasteiger charge is 2.17. The number of rotatable bonds is 2. The molecule has 6 heteroatoms. The van der Waals surface area contributed by atoms with Gasteiger partial charge in [0.25, 0.3) is 5.91 Å². The molecule has 25 heavy (non-hydrogen) atoms. The van der Waals surface area contributed by atoms with Crippen molar-refractivity contribution >= 4 is 27.8 Å². The van der Waals surface area contributed by atoms with Gasteiger partial charge in [0, 0.05) is 16.5 Å². The molecule has 2 aromatic heterocycles. The summed E-state index contributed by atoms with van der Waals surface area (Å²) in [4.78, 5) is 20.2. The number of carbonyl (C=O) groups is 1. The third kappa shape index (κ3) is 2.87. The lowest BCUT2D eigenvalue weighted by Gasteiger charge is -2.20. The molecule has 4 aromatic rings. The van der Waals surface area contributed by atoms with E-state index in [-0.39, 0.29) is 11.4 Å². The van der Waals surface area contributed by atoms with Crippen molar-refractivity contribution in [2.24, 2.45) is 0 Å². The van der Waals surface area contributed by atoms with Crippen molar-refractivity contribution in [3.05, 3.63) is 48.0 Å². The molecule has 0 unspecified atom stereocenters. The SMILES string of the molecule is CC(C)(C)NC(=O)c1ccc2nc(-c3n[nH]c4ccccc34)[nH]c2c1. The second-order valence-corrected chi connectivity index (χ2v) is 7.14. The maximum absolute atomic E-state index is 12.4. The van der Waals surface area contributed by atoms with Crippen LogP contribution in [0.5, 0.6) is 0 Å². The second kappa shape index (κ2) is 5.44. The van der Waals surface area contributed by atoms with Crippen molar-refractivity contribution in [3.63, 3.8) is 0 Å². The van der Waals surface area contributed by atoms with Gasteiger partial charge in [0.05, 0.1) is 16.6 Å². The topological polar surface area (TPSA) is 86.5 Å². The van der Waals surface area contributed by atoms with Crippen molar-refractivity contribution < 1.29 is 4.79 Å². The summed E-state index contributed by atoms with van der Waals surface area (Å²) < 4.78 is 0. The molecule has 0 saturated heterocycles. The minimum atomic E-state index is -0.279. The number of hydrogen-bond acceptors (Lipinski definition) is 3. The predicted octanol–water partition coefficient (Wildman–Crippen LogP) is 3.63. The Morgan fingerprint density at radius 2 is 1.88 bits per heavy atom. The summed E-state index contributed by atoms with van der Waals surface area (Å²) in [5.41, 5.74) is 3.66. The van der Waals surface area contributed by atoms with Gasteiger partial charge in [-0.3, -0.25) is 9.89 Å².